The Hall–Kier alpha value is -1.39. The molecule has 2 rings (SSSR count). The highest BCUT2D eigenvalue weighted by molar-refractivity contribution is 5.95. The smallest absolute Gasteiger partial charge is 0.254 e. The normalized spacial score (nSPS) is 16.0. The minimum Gasteiger partial charge on any atom is -0.382 e. The van der Waals surface area contributed by atoms with Crippen molar-refractivity contribution in [2.45, 2.75) is 26.7 Å². The molecule has 1 fully saturated rings. The van der Waals surface area contributed by atoms with Crippen LogP contribution in [0.25, 0.3) is 0 Å². The zero-order chi connectivity index (χ0) is 15.9. The van der Waals surface area contributed by atoms with Gasteiger partial charge in [0.05, 0.1) is 13.2 Å². The zero-order valence-electron chi connectivity index (χ0n) is 13.9. The molecule has 0 bridgehead atoms. The van der Waals surface area contributed by atoms with Gasteiger partial charge in [-0.15, -0.1) is 0 Å². The van der Waals surface area contributed by atoms with Crippen LogP contribution in [0.5, 0.6) is 0 Å². The van der Waals surface area contributed by atoms with Crippen molar-refractivity contribution >= 4 is 5.91 Å². The number of rotatable bonds is 6. The molecule has 1 aliphatic rings. The Balaban J connectivity index is 1.83. The summed E-state index contributed by atoms with van der Waals surface area (Å²) in [6, 6.07) is 6.08. The highest BCUT2D eigenvalue weighted by Crippen LogP contribution is 2.21. The Morgan fingerprint density at radius 1 is 1.23 bits per heavy atom. The number of nitrogens with zero attached hydrogens (tertiary/aromatic N) is 1. The quantitative estimate of drug-likeness (QED) is 0.759. The number of piperidine rings is 1. The number of carbonyl (C=O) groups excluding carboxylic acids is 1. The van der Waals surface area contributed by atoms with Gasteiger partial charge in [-0.2, -0.15) is 0 Å². The van der Waals surface area contributed by atoms with E-state index in [9.17, 15) is 4.79 Å². The van der Waals surface area contributed by atoms with E-state index in [4.69, 9.17) is 9.47 Å². The van der Waals surface area contributed by atoms with E-state index in [1.165, 1.54) is 0 Å². The van der Waals surface area contributed by atoms with E-state index < -0.39 is 0 Å². The second-order valence-corrected chi connectivity index (χ2v) is 6.12. The summed E-state index contributed by atoms with van der Waals surface area (Å²) in [4.78, 5) is 14.6. The third-order valence-corrected chi connectivity index (χ3v) is 4.31. The Bertz CT molecular complexity index is 493. The standard InChI is InChI=1S/C18H27NO3/c1-14-4-5-15(2)17(12-14)18(20)19-8-6-16(7-9-19)13-22-11-10-21-3/h4-5,12,16H,6-11,13H2,1-3H3. The van der Waals surface area contributed by atoms with Crippen LogP contribution in [-0.4, -0.2) is 50.8 Å². The first-order valence-electron chi connectivity index (χ1n) is 8.05. The van der Waals surface area contributed by atoms with Gasteiger partial charge in [0.25, 0.3) is 5.91 Å². The zero-order valence-corrected chi connectivity index (χ0v) is 13.9. The summed E-state index contributed by atoms with van der Waals surface area (Å²) in [6.45, 7) is 7.74. The monoisotopic (exact) mass is 305 g/mol. The summed E-state index contributed by atoms with van der Waals surface area (Å²) >= 11 is 0. The lowest BCUT2D eigenvalue weighted by atomic mass is 9.96. The number of hydrogen-bond donors (Lipinski definition) is 0. The molecule has 1 aliphatic heterocycles. The molecule has 1 aromatic carbocycles. The molecule has 0 saturated carbocycles. The molecular formula is C18H27NO3. The minimum absolute atomic E-state index is 0.167. The lowest BCUT2D eigenvalue weighted by molar-refractivity contribution is 0.0327. The van der Waals surface area contributed by atoms with Crippen LogP contribution >= 0.6 is 0 Å². The first-order valence-corrected chi connectivity index (χ1v) is 8.05. The predicted octanol–water partition coefficient (Wildman–Crippen LogP) is 2.82. The first-order chi connectivity index (χ1) is 10.6. The molecule has 0 radical (unpaired) electrons. The highest BCUT2D eigenvalue weighted by Gasteiger charge is 2.24. The lowest BCUT2D eigenvalue weighted by Gasteiger charge is -2.32. The number of benzene rings is 1. The fraction of sp³-hybridized carbons (Fsp3) is 0.611. The maximum absolute atomic E-state index is 12.7. The van der Waals surface area contributed by atoms with Crippen molar-refractivity contribution in [1.29, 1.82) is 0 Å². The number of likely N-dealkylation sites (tertiary alicyclic amines) is 1. The molecule has 1 amide bonds. The Morgan fingerprint density at radius 2 is 1.95 bits per heavy atom. The average Bonchev–Trinajstić information content (AvgIpc) is 2.54. The molecule has 0 spiro atoms. The number of methoxy groups -OCH3 is 1. The molecule has 0 aliphatic carbocycles. The second-order valence-electron chi connectivity index (χ2n) is 6.12. The van der Waals surface area contributed by atoms with Gasteiger partial charge in [0.1, 0.15) is 0 Å². The number of ether oxygens (including phenoxy) is 2. The van der Waals surface area contributed by atoms with Crippen LogP contribution in [0.15, 0.2) is 18.2 Å². The van der Waals surface area contributed by atoms with Gasteiger partial charge in [-0.25, -0.2) is 0 Å². The average molecular weight is 305 g/mol. The third-order valence-electron chi connectivity index (χ3n) is 4.31. The van der Waals surface area contributed by atoms with Crippen LogP contribution in [0, 0.1) is 19.8 Å². The van der Waals surface area contributed by atoms with Gasteiger partial charge in [-0.1, -0.05) is 17.7 Å². The SMILES string of the molecule is COCCOCC1CCN(C(=O)c2cc(C)ccc2C)CC1. The Labute approximate surface area is 133 Å². The lowest BCUT2D eigenvalue weighted by Crippen LogP contribution is -2.39. The fourth-order valence-electron chi connectivity index (χ4n) is 2.83. The molecule has 1 heterocycles. The molecule has 4 heteroatoms. The molecule has 22 heavy (non-hydrogen) atoms. The van der Waals surface area contributed by atoms with E-state index in [1.807, 2.05) is 30.9 Å². The summed E-state index contributed by atoms with van der Waals surface area (Å²) in [5.74, 6) is 0.722. The molecule has 4 nitrogen and oxygen atoms in total. The van der Waals surface area contributed by atoms with Gasteiger partial charge in [-0.05, 0) is 44.2 Å². The largest absolute Gasteiger partial charge is 0.382 e. The highest BCUT2D eigenvalue weighted by atomic mass is 16.5. The van der Waals surface area contributed by atoms with Crippen LogP contribution in [-0.2, 0) is 9.47 Å². The maximum Gasteiger partial charge on any atom is 0.254 e. The van der Waals surface area contributed by atoms with Crippen molar-refractivity contribution in [3.8, 4) is 0 Å². The topological polar surface area (TPSA) is 38.8 Å². The number of amides is 1. The molecule has 0 atom stereocenters. The summed E-state index contributed by atoms with van der Waals surface area (Å²) < 4.78 is 10.6. The van der Waals surface area contributed by atoms with Crippen molar-refractivity contribution in [2.75, 3.05) is 40.0 Å². The summed E-state index contributed by atoms with van der Waals surface area (Å²) in [6.07, 6.45) is 2.03. The van der Waals surface area contributed by atoms with Gasteiger partial charge in [0, 0.05) is 32.4 Å². The molecule has 0 N–H and O–H groups in total. The van der Waals surface area contributed by atoms with Gasteiger partial charge in [0.2, 0.25) is 0 Å². The molecule has 122 valence electrons. The van der Waals surface area contributed by atoms with E-state index in [1.54, 1.807) is 7.11 Å². The second kappa shape index (κ2) is 8.30. The summed E-state index contributed by atoms with van der Waals surface area (Å²) in [5, 5.41) is 0. The van der Waals surface area contributed by atoms with E-state index in [2.05, 4.69) is 6.07 Å². The number of aryl methyl sites for hydroxylation is 2. The van der Waals surface area contributed by atoms with Crippen molar-refractivity contribution < 1.29 is 14.3 Å². The van der Waals surface area contributed by atoms with Crippen molar-refractivity contribution in [2.24, 2.45) is 5.92 Å². The molecule has 0 aromatic heterocycles. The third kappa shape index (κ3) is 4.55. The Kier molecular flexibility index (Phi) is 6.40. The van der Waals surface area contributed by atoms with E-state index in [-0.39, 0.29) is 5.91 Å². The minimum atomic E-state index is 0.167. The summed E-state index contributed by atoms with van der Waals surface area (Å²) in [5.41, 5.74) is 3.03. The van der Waals surface area contributed by atoms with Crippen LogP contribution in [0.1, 0.15) is 34.3 Å². The van der Waals surface area contributed by atoms with E-state index in [0.29, 0.717) is 19.1 Å². The van der Waals surface area contributed by atoms with E-state index >= 15 is 0 Å². The van der Waals surface area contributed by atoms with Crippen molar-refractivity contribution in [1.82, 2.24) is 4.90 Å². The number of hydrogen-bond acceptors (Lipinski definition) is 3. The van der Waals surface area contributed by atoms with Crippen LogP contribution in [0.3, 0.4) is 0 Å². The molecule has 1 saturated heterocycles. The van der Waals surface area contributed by atoms with Gasteiger partial charge < -0.3 is 14.4 Å². The summed E-state index contributed by atoms with van der Waals surface area (Å²) in [7, 11) is 1.68. The van der Waals surface area contributed by atoms with Gasteiger partial charge in [-0.3, -0.25) is 4.79 Å². The van der Waals surface area contributed by atoms with Gasteiger partial charge >= 0.3 is 0 Å². The predicted molar refractivity (Wildman–Crippen MR) is 87.2 cm³/mol. The van der Waals surface area contributed by atoms with Crippen molar-refractivity contribution in [3.05, 3.63) is 34.9 Å². The molecule has 0 unspecified atom stereocenters. The molecule has 1 aromatic rings. The van der Waals surface area contributed by atoms with E-state index in [0.717, 1.165) is 49.2 Å². The molecular weight excluding hydrogens is 278 g/mol. The van der Waals surface area contributed by atoms with Gasteiger partial charge in [0.15, 0.2) is 0 Å². The Morgan fingerprint density at radius 3 is 2.64 bits per heavy atom. The van der Waals surface area contributed by atoms with Crippen LogP contribution in [0.4, 0.5) is 0 Å². The maximum atomic E-state index is 12.7. The first kappa shape index (κ1) is 17.0. The van der Waals surface area contributed by atoms with Crippen molar-refractivity contribution in [3.63, 3.8) is 0 Å². The van der Waals surface area contributed by atoms with Crippen LogP contribution in [0.2, 0.25) is 0 Å². The van der Waals surface area contributed by atoms with Crippen LogP contribution < -0.4 is 0 Å². The number of carbonyl (C=O) groups is 1. The fourth-order valence-corrected chi connectivity index (χ4v) is 2.83.